The van der Waals surface area contributed by atoms with Crippen molar-refractivity contribution in [1.82, 2.24) is 0 Å². The third-order valence-electron chi connectivity index (χ3n) is 3.61. The molecule has 1 aromatic carbocycles. The van der Waals surface area contributed by atoms with Crippen LogP contribution in [-0.4, -0.2) is 0 Å². The molecule has 0 bridgehead atoms. The van der Waals surface area contributed by atoms with Crippen molar-refractivity contribution >= 4 is 0 Å². The SMILES string of the molecule is [K+].c1ccc2c(c1)[CH-]C1CCCCC21. The van der Waals surface area contributed by atoms with Crippen LogP contribution in [0.2, 0.25) is 0 Å². The molecule has 2 unspecified atom stereocenters. The number of fused-ring (bicyclic) bond motifs is 3. The van der Waals surface area contributed by atoms with Gasteiger partial charge in [0.1, 0.15) is 0 Å². The molecule has 0 spiro atoms. The molecule has 0 amide bonds. The average molecular weight is 210 g/mol. The van der Waals surface area contributed by atoms with E-state index in [4.69, 9.17) is 0 Å². The number of benzene rings is 1. The summed E-state index contributed by atoms with van der Waals surface area (Å²) in [6.07, 6.45) is 8.20. The zero-order valence-electron chi connectivity index (χ0n) is 8.87. The largest absolute Gasteiger partial charge is 1.00 e. The minimum atomic E-state index is 0. The van der Waals surface area contributed by atoms with Crippen molar-refractivity contribution in [3.63, 3.8) is 0 Å². The molecule has 68 valence electrons. The maximum absolute atomic E-state index is 2.50. The number of hydrogen-bond donors (Lipinski definition) is 0. The van der Waals surface area contributed by atoms with Gasteiger partial charge in [0.2, 0.25) is 0 Å². The third kappa shape index (κ3) is 1.85. The Morgan fingerprint density at radius 1 is 1.07 bits per heavy atom. The fourth-order valence-electron chi connectivity index (χ4n) is 2.98. The van der Waals surface area contributed by atoms with E-state index in [1.807, 2.05) is 0 Å². The second-order valence-electron chi connectivity index (χ2n) is 4.35. The molecule has 0 nitrogen and oxygen atoms in total. The van der Waals surface area contributed by atoms with Gasteiger partial charge in [0, 0.05) is 0 Å². The predicted molar refractivity (Wildman–Crippen MR) is 54.5 cm³/mol. The first kappa shape index (κ1) is 11.2. The van der Waals surface area contributed by atoms with Gasteiger partial charge in [0.25, 0.3) is 0 Å². The Kier molecular flexibility index (Phi) is 3.77. The van der Waals surface area contributed by atoms with Gasteiger partial charge in [-0.1, -0.05) is 43.6 Å². The molecule has 0 saturated heterocycles. The van der Waals surface area contributed by atoms with Crippen LogP contribution in [0.25, 0.3) is 0 Å². The first-order valence-electron chi connectivity index (χ1n) is 5.39. The van der Waals surface area contributed by atoms with Crippen LogP contribution in [0.1, 0.15) is 42.7 Å². The molecule has 1 fully saturated rings. The predicted octanol–water partition coefficient (Wildman–Crippen LogP) is 0.530. The van der Waals surface area contributed by atoms with Crippen molar-refractivity contribution in [2.24, 2.45) is 5.92 Å². The molecule has 2 aliphatic rings. The summed E-state index contributed by atoms with van der Waals surface area (Å²) in [4.78, 5) is 0. The van der Waals surface area contributed by atoms with Crippen LogP contribution in [0.5, 0.6) is 0 Å². The van der Waals surface area contributed by atoms with Crippen molar-refractivity contribution < 1.29 is 51.4 Å². The number of hydrogen-bond acceptors (Lipinski definition) is 0. The smallest absolute Gasteiger partial charge is 0.188 e. The molecule has 3 rings (SSSR count). The summed E-state index contributed by atoms with van der Waals surface area (Å²) in [6, 6.07) is 8.94. The monoisotopic (exact) mass is 210 g/mol. The van der Waals surface area contributed by atoms with Crippen molar-refractivity contribution in [3.8, 4) is 0 Å². The molecule has 1 heteroatoms. The Balaban J connectivity index is 0.000000750. The van der Waals surface area contributed by atoms with Crippen LogP contribution in [0, 0.1) is 12.3 Å². The number of rotatable bonds is 0. The van der Waals surface area contributed by atoms with Gasteiger partial charge in [-0.3, -0.25) is 0 Å². The van der Waals surface area contributed by atoms with Crippen molar-refractivity contribution in [3.05, 3.63) is 41.8 Å². The van der Waals surface area contributed by atoms with E-state index < -0.39 is 0 Å². The van der Waals surface area contributed by atoms with Crippen LogP contribution >= 0.6 is 0 Å². The van der Waals surface area contributed by atoms with E-state index >= 15 is 0 Å². The van der Waals surface area contributed by atoms with Crippen LogP contribution in [0.4, 0.5) is 0 Å². The van der Waals surface area contributed by atoms with Crippen molar-refractivity contribution in [2.75, 3.05) is 0 Å². The van der Waals surface area contributed by atoms with Crippen LogP contribution in [0.15, 0.2) is 24.3 Å². The molecule has 0 heterocycles. The Morgan fingerprint density at radius 2 is 1.86 bits per heavy atom. The van der Waals surface area contributed by atoms with Gasteiger partial charge < -0.3 is 0 Å². The minimum Gasteiger partial charge on any atom is -0.188 e. The van der Waals surface area contributed by atoms with Gasteiger partial charge in [-0.05, 0) is 0 Å². The quantitative estimate of drug-likeness (QED) is 0.433. The molecule has 0 radical (unpaired) electrons. The fraction of sp³-hybridized carbons (Fsp3) is 0.462. The van der Waals surface area contributed by atoms with E-state index in [0.717, 1.165) is 11.8 Å². The second kappa shape index (κ2) is 4.71. The first-order valence-corrected chi connectivity index (χ1v) is 5.39. The zero-order chi connectivity index (χ0) is 8.67. The van der Waals surface area contributed by atoms with Crippen molar-refractivity contribution in [1.29, 1.82) is 0 Å². The van der Waals surface area contributed by atoms with E-state index in [9.17, 15) is 0 Å². The van der Waals surface area contributed by atoms with Crippen LogP contribution in [0.3, 0.4) is 0 Å². The van der Waals surface area contributed by atoms with E-state index in [1.54, 1.807) is 5.56 Å². The maximum Gasteiger partial charge on any atom is 1.00 e. The standard InChI is InChI=1S/C13H15.K/c1-3-7-12-10(5-1)9-11-6-2-4-8-13(11)12;/h1,3,5,7,9,11,13H,2,4,6,8H2;/q-1;+1. The van der Waals surface area contributed by atoms with Gasteiger partial charge in [0.05, 0.1) is 0 Å². The van der Waals surface area contributed by atoms with Crippen LogP contribution < -0.4 is 51.4 Å². The molecule has 2 aliphatic carbocycles. The first-order chi connectivity index (χ1) is 6.45. The normalized spacial score (nSPS) is 28.3. The average Bonchev–Trinajstić information content (AvgIpc) is 2.56. The van der Waals surface area contributed by atoms with Gasteiger partial charge >= 0.3 is 51.4 Å². The summed E-state index contributed by atoms with van der Waals surface area (Å²) >= 11 is 0. The van der Waals surface area contributed by atoms with Gasteiger partial charge in [-0.15, -0.1) is 17.7 Å². The molecular formula is C13H15K. The summed E-state index contributed by atoms with van der Waals surface area (Å²) < 4.78 is 0. The molecule has 0 N–H and O–H groups in total. The maximum atomic E-state index is 2.50. The van der Waals surface area contributed by atoms with E-state index in [1.165, 1.54) is 31.2 Å². The summed E-state index contributed by atoms with van der Waals surface area (Å²) in [5.41, 5.74) is 3.13. The third-order valence-corrected chi connectivity index (χ3v) is 3.61. The Labute approximate surface area is 129 Å². The fourth-order valence-corrected chi connectivity index (χ4v) is 2.98. The second-order valence-corrected chi connectivity index (χ2v) is 4.35. The molecule has 1 aromatic rings. The molecule has 0 aliphatic heterocycles. The Morgan fingerprint density at radius 3 is 2.79 bits per heavy atom. The van der Waals surface area contributed by atoms with E-state index in [-0.39, 0.29) is 51.4 Å². The van der Waals surface area contributed by atoms with Crippen LogP contribution in [-0.2, 0) is 0 Å². The molecular weight excluding hydrogens is 195 g/mol. The van der Waals surface area contributed by atoms with Gasteiger partial charge in [-0.25, -0.2) is 0 Å². The molecule has 1 saturated carbocycles. The van der Waals surface area contributed by atoms with E-state index in [2.05, 4.69) is 30.7 Å². The Bertz CT molecular complexity index is 319. The zero-order valence-corrected chi connectivity index (χ0v) is 12.0. The molecule has 0 aromatic heterocycles. The summed E-state index contributed by atoms with van der Waals surface area (Å²) in [6.45, 7) is 0. The summed E-state index contributed by atoms with van der Waals surface area (Å²) in [5, 5.41) is 0. The summed E-state index contributed by atoms with van der Waals surface area (Å²) in [5.74, 6) is 1.73. The minimum absolute atomic E-state index is 0. The Hall–Kier alpha value is 0.726. The summed E-state index contributed by atoms with van der Waals surface area (Å²) in [7, 11) is 0. The van der Waals surface area contributed by atoms with E-state index in [0.29, 0.717) is 0 Å². The van der Waals surface area contributed by atoms with Gasteiger partial charge in [0.15, 0.2) is 0 Å². The topological polar surface area (TPSA) is 0 Å². The molecule has 2 atom stereocenters. The molecule has 14 heavy (non-hydrogen) atoms. The van der Waals surface area contributed by atoms with Crippen molar-refractivity contribution in [2.45, 2.75) is 31.6 Å². The van der Waals surface area contributed by atoms with Gasteiger partial charge in [-0.2, -0.15) is 18.1 Å².